The molecule has 0 saturated carbocycles. The van der Waals surface area contributed by atoms with Crippen LogP contribution < -0.4 is 4.74 Å². The fourth-order valence-corrected chi connectivity index (χ4v) is 2.20. The van der Waals surface area contributed by atoms with E-state index in [2.05, 4.69) is 28.6 Å². The zero-order chi connectivity index (χ0) is 15.1. The van der Waals surface area contributed by atoms with Crippen molar-refractivity contribution in [1.82, 2.24) is 9.55 Å². The van der Waals surface area contributed by atoms with E-state index in [1.54, 1.807) is 0 Å². The lowest BCUT2D eigenvalue weighted by molar-refractivity contribution is 0.185. The van der Waals surface area contributed by atoms with Crippen LogP contribution in [0.25, 0.3) is 0 Å². The van der Waals surface area contributed by atoms with Crippen LogP contribution in [0.5, 0.6) is 5.75 Å². The van der Waals surface area contributed by atoms with Gasteiger partial charge in [-0.3, -0.25) is 0 Å². The van der Waals surface area contributed by atoms with Gasteiger partial charge in [0.2, 0.25) is 0 Å². The fourth-order valence-electron chi connectivity index (χ4n) is 2.20. The molecule has 0 spiro atoms. The standard InChI is InChI=1S/C17H24N2O2/c1-3-10-19-13-18-11-16(19)12-21-17-8-6-15(7-9-17)5-4-14(2)20/h6-9,11,13-14,20H,3-5,10,12H2,1-2H3. The van der Waals surface area contributed by atoms with E-state index in [0.29, 0.717) is 6.61 Å². The molecule has 1 heterocycles. The maximum absolute atomic E-state index is 9.29. The zero-order valence-electron chi connectivity index (χ0n) is 12.8. The Hall–Kier alpha value is -1.81. The second-order valence-corrected chi connectivity index (χ2v) is 5.40. The topological polar surface area (TPSA) is 47.3 Å². The number of aryl methyl sites for hydroxylation is 2. The number of benzene rings is 1. The number of nitrogens with zero attached hydrogens (tertiary/aromatic N) is 2. The van der Waals surface area contributed by atoms with Crippen LogP contribution in [0.1, 0.15) is 37.9 Å². The maximum Gasteiger partial charge on any atom is 0.130 e. The fraction of sp³-hybridized carbons (Fsp3) is 0.471. The Morgan fingerprint density at radius 1 is 1.29 bits per heavy atom. The van der Waals surface area contributed by atoms with Crippen LogP contribution in [0, 0.1) is 0 Å². The summed E-state index contributed by atoms with van der Waals surface area (Å²) in [5, 5.41) is 9.29. The van der Waals surface area contributed by atoms with Crippen molar-refractivity contribution >= 4 is 0 Å². The molecule has 1 unspecified atom stereocenters. The molecule has 0 aliphatic heterocycles. The molecule has 114 valence electrons. The van der Waals surface area contributed by atoms with Crippen LogP contribution in [0.2, 0.25) is 0 Å². The lowest BCUT2D eigenvalue weighted by atomic mass is 10.1. The summed E-state index contributed by atoms with van der Waals surface area (Å²) in [7, 11) is 0. The summed E-state index contributed by atoms with van der Waals surface area (Å²) in [4.78, 5) is 4.17. The molecule has 0 bridgehead atoms. The Bertz CT molecular complexity index is 532. The summed E-state index contributed by atoms with van der Waals surface area (Å²) in [5.41, 5.74) is 2.31. The first-order valence-corrected chi connectivity index (χ1v) is 7.58. The van der Waals surface area contributed by atoms with E-state index < -0.39 is 0 Å². The summed E-state index contributed by atoms with van der Waals surface area (Å²) in [6, 6.07) is 8.08. The lowest BCUT2D eigenvalue weighted by Gasteiger charge is -2.10. The Morgan fingerprint density at radius 2 is 2.05 bits per heavy atom. The molecule has 0 fully saturated rings. The molecule has 4 nitrogen and oxygen atoms in total. The minimum atomic E-state index is -0.250. The summed E-state index contributed by atoms with van der Waals surface area (Å²) >= 11 is 0. The van der Waals surface area contributed by atoms with Gasteiger partial charge in [-0.15, -0.1) is 0 Å². The average Bonchev–Trinajstić information content (AvgIpc) is 2.92. The van der Waals surface area contributed by atoms with Gasteiger partial charge in [0.15, 0.2) is 0 Å². The molecular weight excluding hydrogens is 264 g/mol. The normalized spacial score (nSPS) is 12.3. The van der Waals surface area contributed by atoms with E-state index >= 15 is 0 Å². The minimum Gasteiger partial charge on any atom is -0.487 e. The molecule has 2 aromatic rings. The second kappa shape index (κ2) is 7.84. The molecule has 0 aliphatic carbocycles. The highest BCUT2D eigenvalue weighted by Gasteiger charge is 2.03. The highest BCUT2D eigenvalue weighted by molar-refractivity contribution is 5.27. The van der Waals surface area contributed by atoms with Crippen LogP contribution >= 0.6 is 0 Å². The number of ether oxygens (including phenoxy) is 1. The van der Waals surface area contributed by atoms with Gasteiger partial charge in [-0.05, 0) is 43.9 Å². The third-order valence-corrected chi connectivity index (χ3v) is 3.42. The molecule has 0 amide bonds. The van der Waals surface area contributed by atoms with Crippen LogP contribution in [0.4, 0.5) is 0 Å². The smallest absolute Gasteiger partial charge is 0.130 e. The number of rotatable bonds is 8. The molecule has 2 rings (SSSR count). The third kappa shape index (κ3) is 4.90. The van der Waals surface area contributed by atoms with E-state index in [-0.39, 0.29) is 6.10 Å². The first kappa shape index (κ1) is 15.6. The summed E-state index contributed by atoms with van der Waals surface area (Å²) in [6.45, 7) is 5.47. The quantitative estimate of drug-likeness (QED) is 0.811. The van der Waals surface area contributed by atoms with Crippen LogP contribution in [0.15, 0.2) is 36.8 Å². The molecule has 21 heavy (non-hydrogen) atoms. The van der Waals surface area contributed by atoms with Gasteiger partial charge in [-0.1, -0.05) is 19.1 Å². The first-order valence-electron chi connectivity index (χ1n) is 7.58. The van der Waals surface area contributed by atoms with Gasteiger partial charge in [0.25, 0.3) is 0 Å². The highest BCUT2D eigenvalue weighted by atomic mass is 16.5. The predicted octanol–water partition coefficient (Wildman–Crippen LogP) is 3.19. The Morgan fingerprint density at radius 3 is 2.71 bits per heavy atom. The van der Waals surface area contributed by atoms with E-state index in [1.807, 2.05) is 31.6 Å². The molecule has 1 N–H and O–H groups in total. The maximum atomic E-state index is 9.29. The number of imidazole rings is 1. The summed E-state index contributed by atoms with van der Waals surface area (Å²) < 4.78 is 7.93. The van der Waals surface area contributed by atoms with Gasteiger partial charge in [-0.25, -0.2) is 4.98 Å². The van der Waals surface area contributed by atoms with Crippen molar-refractivity contribution in [3.63, 3.8) is 0 Å². The van der Waals surface area contributed by atoms with E-state index in [9.17, 15) is 5.11 Å². The van der Waals surface area contributed by atoms with Crippen LogP contribution in [-0.4, -0.2) is 20.8 Å². The monoisotopic (exact) mass is 288 g/mol. The number of aliphatic hydroxyl groups excluding tert-OH is 1. The summed E-state index contributed by atoms with van der Waals surface area (Å²) in [5.74, 6) is 0.861. The first-order chi connectivity index (χ1) is 10.2. The van der Waals surface area contributed by atoms with Crippen molar-refractivity contribution in [3.8, 4) is 5.75 Å². The Kier molecular flexibility index (Phi) is 5.81. The second-order valence-electron chi connectivity index (χ2n) is 5.40. The van der Waals surface area contributed by atoms with E-state index in [0.717, 1.165) is 37.3 Å². The van der Waals surface area contributed by atoms with E-state index in [1.165, 1.54) is 5.56 Å². The predicted molar refractivity (Wildman–Crippen MR) is 83.3 cm³/mol. The van der Waals surface area contributed by atoms with Gasteiger partial charge in [0.05, 0.1) is 24.3 Å². The third-order valence-electron chi connectivity index (χ3n) is 3.42. The zero-order valence-corrected chi connectivity index (χ0v) is 12.8. The van der Waals surface area contributed by atoms with Crippen molar-refractivity contribution < 1.29 is 9.84 Å². The van der Waals surface area contributed by atoms with Gasteiger partial charge >= 0.3 is 0 Å². The molecule has 1 aromatic carbocycles. The highest BCUT2D eigenvalue weighted by Crippen LogP contribution is 2.15. The van der Waals surface area contributed by atoms with Crippen LogP contribution in [0.3, 0.4) is 0 Å². The van der Waals surface area contributed by atoms with Crippen molar-refractivity contribution in [2.75, 3.05) is 0 Å². The van der Waals surface area contributed by atoms with Gasteiger partial charge in [0.1, 0.15) is 12.4 Å². The van der Waals surface area contributed by atoms with Crippen LogP contribution in [-0.2, 0) is 19.6 Å². The Balaban J connectivity index is 1.87. The van der Waals surface area contributed by atoms with Crippen molar-refractivity contribution in [3.05, 3.63) is 48.0 Å². The number of hydrogen-bond donors (Lipinski definition) is 1. The SMILES string of the molecule is CCCn1cncc1COc1ccc(CCC(C)O)cc1. The van der Waals surface area contributed by atoms with E-state index in [4.69, 9.17) is 4.74 Å². The molecule has 4 heteroatoms. The van der Waals surface area contributed by atoms with Gasteiger partial charge in [0, 0.05) is 6.54 Å². The summed E-state index contributed by atoms with van der Waals surface area (Å²) in [6.07, 6.45) is 6.22. The minimum absolute atomic E-state index is 0.250. The Labute approximate surface area is 126 Å². The van der Waals surface area contributed by atoms with Gasteiger partial charge < -0.3 is 14.4 Å². The van der Waals surface area contributed by atoms with Crippen molar-refractivity contribution in [1.29, 1.82) is 0 Å². The molecule has 0 radical (unpaired) electrons. The number of hydrogen-bond acceptors (Lipinski definition) is 3. The van der Waals surface area contributed by atoms with Crippen molar-refractivity contribution in [2.45, 2.75) is 52.4 Å². The van der Waals surface area contributed by atoms with Crippen molar-refractivity contribution in [2.24, 2.45) is 0 Å². The largest absolute Gasteiger partial charge is 0.487 e. The molecule has 0 aliphatic rings. The molecule has 1 atom stereocenters. The molecule has 1 aromatic heterocycles. The van der Waals surface area contributed by atoms with Gasteiger partial charge in [-0.2, -0.15) is 0 Å². The molecular formula is C17H24N2O2. The molecule has 0 saturated heterocycles. The number of aliphatic hydroxyl groups is 1. The lowest BCUT2D eigenvalue weighted by Crippen LogP contribution is -2.05. The number of aromatic nitrogens is 2. The average molecular weight is 288 g/mol.